The van der Waals surface area contributed by atoms with Crippen LogP contribution in [-0.4, -0.2) is 9.78 Å². The zero-order valence-electron chi connectivity index (χ0n) is 9.40. The van der Waals surface area contributed by atoms with Crippen LogP contribution in [0.2, 0.25) is 0 Å². The number of rotatable bonds is 3. The van der Waals surface area contributed by atoms with E-state index in [0.717, 1.165) is 24.2 Å². The molecule has 2 N–H and O–H groups in total. The fourth-order valence-corrected chi connectivity index (χ4v) is 1.61. The summed E-state index contributed by atoms with van der Waals surface area (Å²) < 4.78 is 27.6. The van der Waals surface area contributed by atoms with Gasteiger partial charge in [-0.2, -0.15) is 5.10 Å². The first kappa shape index (κ1) is 11.7. The molecule has 1 atom stereocenters. The van der Waals surface area contributed by atoms with E-state index in [-0.39, 0.29) is 0 Å². The zero-order chi connectivity index (χ0) is 12.4. The predicted molar refractivity (Wildman–Crippen MR) is 60.3 cm³/mol. The number of benzene rings is 1. The van der Waals surface area contributed by atoms with Gasteiger partial charge in [0.05, 0.1) is 12.2 Å². The van der Waals surface area contributed by atoms with Gasteiger partial charge in [0.1, 0.15) is 0 Å². The zero-order valence-corrected chi connectivity index (χ0v) is 9.40. The largest absolute Gasteiger partial charge is 0.320 e. The highest BCUT2D eigenvalue weighted by Crippen LogP contribution is 2.20. The predicted octanol–water partition coefficient (Wildman–Crippen LogP) is 2.23. The lowest BCUT2D eigenvalue weighted by molar-refractivity contribution is 0.506. The highest BCUT2D eigenvalue weighted by molar-refractivity contribution is 5.29. The topological polar surface area (TPSA) is 43.8 Å². The van der Waals surface area contributed by atoms with Gasteiger partial charge in [-0.05, 0) is 24.6 Å². The van der Waals surface area contributed by atoms with Gasteiger partial charge in [-0.1, -0.05) is 6.07 Å². The summed E-state index contributed by atoms with van der Waals surface area (Å²) in [4.78, 5) is 0. The Morgan fingerprint density at radius 1 is 1.29 bits per heavy atom. The summed E-state index contributed by atoms with van der Waals surface area (Å²) in [6.45, 7) is 2.70. The molecule has 17 heavy (non-hydrogen) atoms. The Hall–Kier alpha value is -1.75. The molecule has 0 amide bonds. The van der Waals surface area contributed by atoms with Crippen molar-refractivity contribution in [1.82, 2.24) is 9.78 Å². The number of hydrogen-bond donors (Lipinski definition) is 1. The maximum absolute atomic E-state index is 13.1. The second kappa shape index (κ2) is 4.63. The van der Waals surface area contributed by atoms with Crippen LogP contribution in [0.3, 0.4) is 0 Å². The maximum Gasteiger partial charge on any atom is 0.159 e. The molecule has 2 aromatic rings. The van der Waals surface area contributed by atoms with Crippen molar-refractivity contribution in [2.75, 3.05) is 0 Å². The van der Waals surface area contributed by atoms with Crippen LogP contribution in [0.1, 0.15) is 24.1 Å². The minimum Gasteiger partial charge on any atom is -0.320 e. The Morgan fingerprint density at radius 3 is 2.65 bits per heavy atom. The van der Waals surface area contributed by atoms with Crippen LogP contribution in [0.25, 0.3) is 0 Å². The van der Waals surface area contributed by atoms with Crippen LogP contribution >= 0.6 is 0 Å². The fourth-order valence-electron chi connectivity index (χ4n) is 1.61. The molecule has 0 fully saturated rings. The molecule has 1 heterocycles. The molecule has 0 saturated carbocycles. The van der Waals surface area contributed by atoms with Gasteiger partial charge in [-0.25, -0.2) is 8.78 Å². The quantitative estimate of drug-likeness (QED) is 0.889. The summed E-state index contributed by atoms with van der Waals surface area (Å²) in [5.41, 5.74) is 7.26. The van der Waals surface area contributed by atoms with Crippen molar-refractivity contribution < 1.29 is 8.78 Å². The monoisotopic (exact) mass is 237 g/mol. The smallest absolute Gasteiger partial charge is 0.159 e. The summed E-state index contributed by atoms with van der Waals surface area (Å²) >= 11 is 0. The third-order valence-electron chi connectivity index (χ3n) is 2.64. The molecule has 2 rings (SSSR count). The van der Waals surface area contributed by atoms with E-state index in [1.54, 1.807) is 17.1 Å². The Labute approximate surface area is 97.9 Å². The van der Waals surface area contributed by atoms with Crippen LogP contribution in [0.5, 0.6) is 0 Å². The second-order valence-electron chi connectivity index (χ2n) is 3.78. The molecular formula is C12H13F2N3. The van der Waals surface area contributed by atoms with Crippen molar-refractivity contribution in [3.8, 4) is 0 Å². The maximum atomic E-state index is 13.1. The summed E-state index contributed by atoms with van der Waals surface area (Å²) in [7, 11) is 0. The molecule has 0 radical (unpaired) electrons. The fraction of sp³-hybridized carbons (Fsp3) is 0.250. The first-order valence-corrected chi connectivity index (χ1v) is 5.34. The van der Waals surface area contributed by atoms with Crippen molar-refractivity contribution in [1.29, 1.82) is 0 Å². The summed E-state index contributed by atoms with van der Waals surface area (Å²) in [6, 6.07) is 3.18. The molecule has 0 saturated heterocycles. The van der Waals surface area contributed by atoms with Crippen molar-refractivity contribution in [3.05, 3.63) is 53.4 Å². The molecule has 0 aliphatic heterocycles. The number of hydrogen-bond acceptors (Lipinski definition) is 2. The highest BCUT2D eigenvalue weighted by atomic mass is 19.2. The lowest BCUT2D eigenvalue weighted by Crippen LogP contribution is -2.11. The van der Waals surface area contributed by atoms with Gasteiger partial charge in [0.15, 0.2) is 11.6 Å². The molecule has 0 spiro atoms. The van der Waals surface area contributed by atoms with E-state index in [2.05, 4.69) is 5.10 Å². The number of nitrogens with two attached hydrogens (primary N) is 1. The van der Waals surface area contributed by atoms with E-state index in [4.69, 9.17) is 5.73 Å². The van der Waals surface area contributed by atoms with Gasteiger partial charge in [0, 0.05) is 18.3 Å². The van der Waals surface area contributed by atoms with E-state index in [0.29, 0.717) is 5.56 Å². The lowest BCUT2D eigenvalue weighted by atomic mass is 10.0. The standard InChI is InChI=1S/C12H13F2N3/c1-2-17-7-9(6-16-17)12(15)8-3-4-10(13)11(14)5-8/h3-7,12H,2,15H2,1H3. The molecule has 0 aliphatic carbocycles. The molecule has 3 nitrogen and oxygen atoms in total. The molecule has 0 bridgehead atoms. The van der Waals surface area contributed by atoms with E-state index in [1.165, 1.54) is 6.07 Å². The van der Waals surface area contributed by atoms with E-state index in [1.807, 2.05) is 6.92 Å². The van der Waals surface area contributed by atoms with Crippen molar-refractivity contribution in [3.63, 3.8) is 0 Å². The highest BCUT2D eigenvalue weighted by Gasteiger charge is 2.13. The SMILES string of the molecule is CCn1cc(C(N)c2ccc(F)c(F)c2)cn1. The Bertz CT molecular complexity index is 522. The van der Waals surface area contributed by atoms with Crippen molar-refractivity contribution in [2.45, 2.75) is 19.5 Å². The van der Waals surface area contributed by atoms with Gasteiger partial charge in [-0.3, -0.25) is 4.68 Å². The van der Waals surface area contributed by atoms with Gasteiger partial charge in [0.25, 0.3) is 0 Å². The lowest BCUT2D eigenvalue weighted by Gasteiger charge is -2.09. The van der Waals surface area contributed by atoms with Crippen LogP contribution in [0.4, 0.5) is 8.78 Å². The van der Waals surface area contributed by atoms with Crippen molar-refractivity contribution >= 4 is 0 Å². The average Bonchev–Trinajstić information content (AvgIpc) is 2.80. The molecule has 1 aromatic carbocycles. The van der Waals surface area contributed by atoms with Gasteiger partial charge in [0.2, 0.25) is 0 Å². The number of aromatic nitrogens is 2. The van der Waals surface area contributed by atoms with Gasteiger partial charge >= 0.3 is 0 Å². The Morgan fingerprint density at radius 2 is 2.06 bits per heavy atom. The summed E-state index contributed by atoms with van der Waals surface area (Å²) in [5.74, 6) is -1.76. The van der Waals surface area contributed by atoms with Crippen LogP contribution < -0.4 is 5.73 Å². The first-order chi connectivity index (χ1) is 8.11. The van der Waals surface area contributed by atoms with Gasteiger partial charge in [-0.15, -0.1) is 0 Å². The first-order valence-electron chi connectivity index (χ1n) is 5.34. The number of halogens is 2. The normalized spacial score (nSPS) is 12.7. The van der Waals surface area contributed by atoms with E-state index in [9.17, 15) is 8.78 Å². The molecule has 1 unspecified atom stereocenters. The third-order valence-corrected chi connectivity index (χ3v) is 2.64. The summed E-state index contributed by atoms with van der Waals surface area (Å²) in [5, 5.41) is 4.09. The summed E-state index contributed by atoms with van der Waals surface area (Å²) in [6.07, 6.45) is 3.43. The second-order valence-corrected chi connectivity index (χ2v) is 3.78. The molecule has 5 heteroatoms. The Kier molecular flexibility index (Phi) is 3.19. The molecule has 0 aliphatic rings. The third kappa shape index (κ3) is 2.34. The minimum absolute atomic E-state index is 0.495. The van der Waals surface area contributed by atoms with Crippen LogP contribution in [0.15, 0.2) is 30.6 Å². The van der Waals surface area contributed by atoms with Crippen molar-refractivity contribution in [2.24, 2.45) is 5.73 Å². The van der Waals surface area contributed by atoms with Crippen LogP contribution in [-0.2, 0) is 6.54 Å². The van der Waals surface area contributed by atoms with Gasteiger partial charge < -0.3 is 5.73 Å². The average molecular weight is 237 g/mol. The molecule has 90 valence electrons. The molecular weight excluding hydrogens is 224 g/mol. The number of nitrogens with zero attached hydrogens (tertiary/aromatic N) is 2. The Balaban J connectivity index is 2.29. The van der Waals surface area contributed by atoms with E-state index < -0.39 is 17.7 Å². The number of aryl methyl sites for hydroxylation is 1. The van der Waals surface area contributed by atoms with E-state index >= 15 is 0 Å². The minimum atomic E-state index is -0.888. The van der Waals surface area contributed by atoms with Crippen LogP contribution in [0, 0.1) is 11.6 Å². The molecule has 1 aromatic heterocycles.